The van der Waals surface area contributed by atoms with Gasteiger partial charge in [-0.25, -0.2) is 0 Å². The van der Waals surface area contributed by atoms with Gasteiger partial charge in [-0.15, -0.1) is 0 Å². The fourth-order valence-corrected chi connectivity index (χ4v) is 4.84. The van der Waals surface area contributed by atoms with Crippen LogP contribution in [0.4, 0.5) is 5.69 Å². The molecule has 2 heterocycles. The third-order valence-corrected chi connectivity index (χ3v) is 6.51. The second kappa shape index (κ2) is 10.2. The van der Waals surface area contributed by atoms with E-state index < -0.39 is 6.10 Å². The maximum absolute atomic E-state index is 12.7. The maximum Gasteiger partial charge on any atom is 0.185 e. The van der Waals surface area contributed by atoms with Crippen molar-refractivity contribution in [2.24, 2.45) is 0 Å². The van der Waals surface area contributed by atoms with E-state index in [4.69, 9.17) is 4.74 Å². The van der Waals surface area contributed by atoms with Gasteiger partial charge in [-0.05, 0) is 67.5 Å². The number of carbonyl (C=O) groups is 1. The van der Waals surface area contributed by atoms with Gasteiger partial charge in [0.15, 0.2) is 5.78 Å². The first kappa shape index (κ1) is 22.9. The van der Waals surface area contributed by atoms with Crippen molar-refractivity contribution in [1.82, 2.24) is 4.57 Å². The van der Waals surface area contributed by atoms with Crippen molar-refractivity contribution in [1.29, 1.82) is 0 Å². The van der Waals surface area contributed by atoms with Gasteiger partial charge in [0.1, 0.15) is 5.75 Å². The molecule has 1 atom stereocenters. The van der Waals surface area contributed by atoms with E-state index in [1.807, 2.05) is 43.5 Å². The van der Waals surface area contributed by atoms with E-state index >= 15 is 0 Å². The average Bonchev–Trinajstić information content (AvgIpc) is 3.44. The average molecular weight is 467 g/mol. The molecule has 0 unspecified atom stereocenters. The van der Waals surface area contributed by atoms with Crippen LogP contribution in [0.2, 0.25) is 0 Å². The molecule has 0 bridgehead atoms. The smallest absolute Gasteiger partial charge is 0.185 e. The van der Waals surface area contributed by atoms with Gasteiger partial charge in [0, 0.05) is 47.0 Å². The summed E-state index contributed by atoms with van der Waals surface area (Å²) in [5.74, 6) is 0.699. The molecule has 0 fully saturated rings. The summed E-state index contributed by atoms with van der Waals surface area (Å²) in [7, 11) is 0. The van der Waals surface area contributed by atoms with E-state index in [-0.39, 0.29) is 5.78 Å². The Morgan fingerprint density at radius 2 is 1.80 bits per heavy atom. The summed E-state index contributed by atoms with van der Waals surface area (Å²) in [6.45, 7) is 4.54. The molecule has 5 rings (SSSR count). The van der Waals surface area contributed by atoms with Gasteiger partial charge in [0.05, 0.1) is 19.3 Å². The highest BCUT2D eigenvalue weighted by Gasteiger charge is 2.21. The number of anilines is 1. The Bertz CT molecular complexity index is 1350. The third-order valence-electron chi connectivity index (χ3n) is 6.51. The lowest BCUT2D eigenvalue weighted by atomic mass is 10.1. The predicted molar refractivity (Wildman–Crippen MR) is 141 cm³/mol. The molecule has 1 aromatic heterocycles. The van der Waals surface area contributed by atoms with Gasteiger partial charge in [-0.3, -0.25) is 4.79 Å². The number of β-amino-alcohol motifs (C(OH)–C–C–N with tert-alkyl or cyclic N) is 1. The fourth-order valence-electron chi connectivity index (χ4n) is 4.84. The second-order valence-corrected chi connectivity index (χ2v) is 8.89. The largest absolute Gasteiger partial charge is 0.494 e. The molecule has 3 aromatic carbocycles. The summed E-state index contributed by atoms with van der Waals surface area (Å²) < 4.78 is 7.54. The fraction of sp³-hybridized carbons (Fsp3) is 0.233. The molecule has 0 saturated carbocycles. The van der Waals surface area contributed by atoms with Crippen molar-refractivity contribution >= 4 is 28.4 Å². The number of para-hydroxylation sites is 2. The molecule has 5 heteroatoms. The standard InChI is InChI=1S/C30H30N2O3/c1-2-35-26-14-11-23(12-15-26)30(34)16-13-24-19-32(29-10-6-4-8-27(24)29)21-25(33)20-31-18-17-22-7-3-5-9-28(22)31/h3-16,19,25,33H,2,17-18,20-21H2,1H3/b16-13+/t25-/m0/s1. The highest BCUT2D eigenvalue weighted by molar-refractivity contribution is 6.07. The number of benzene rings is 3. The Morgan fingerprint density at radius 1 is 1.03 bits per heavy atom. The van der Waals surface area contributed by atoms with E-state index in [2.05, 4.69) is 45.9 Å². The molecule has 1 aliphatic rings. The zero-order chi connectivity index (χ0) is 24.2. The second-order valence-electron chi connectivity index (χ2n) is 8.89. The number of aromatic nitrogens is 1. The van der Waals surface area contributed by atoms with Crippen LogP contribution < -0.4 is 9.64 Å². The molecule has 5 nitrogen and oxygen atoms in total. The summed E-state index contributed by atoms with van der Waals surface area (Å²) in [4.78, 5) is 15.0. The Labute approximate surface area is 205 Å². The van der Waals surface area contributed by atoms with Crippen molar-refractivity contribution in [3.63, 3.8) is 0 Å². The van der Waals surface area contributed by atoms with Crippen molar-refractivity contribution in [3.05, 3.63) is 102 Å². The number of ketones is 1. The number of fused-ring (bicyclic) bond motifs is 2. The number of hydrogen-bond acceptors (Lipinski definition) is 4. The molecule has 35 heavy (non-hydrogen) atoms. The molecule has 0 amide bonds. The molecule has 178 valence electrons. The van der Waals surface area contributed by atoms with Crippen molar-refractivity contribution in [2.45, 2.75) is 26.0 Å². The first-order chi connectivity index (χ1) is 17.1. The van der Waals surface area contributed by atoms with E-state index in [9.17, 15) is 9.90 Å². The van der Waals surface area contributed by atoms with Crippen LogP contribution in [-0.2, 0) is 13.0 Å². The molecular weight excluding hydrogens is 436 g/mol. The number of hydrogen-bond donors (Lipinski definition) is 1. The summed E-state index contributed by atoms with van der Waals surface area (Å²) in [5.41, 5.74) is 5.19. The SMILES string of the molecule is CCOc1ccc(C(=O)/C=C/c2cn(C[C@@H](O)CN3CCc4ccccc43)c3ccccc23)cc1. The highest BCUT2D eigenvalue weighted by Crippen LogP contribution is 2.28. The topological polar surface area (TPSA) is 54.7 Å². The van der Waals surface area contributed by atoms with E-state index in [0.717, 1.165) is 35.2 Å². The monoisotopic (exact) mass is 466 g/mol. The minimum atomic E-state index is -0.515. The number of aliphatic hydroxyl groups is 1. The lowest BCUT2D eigenvalue weighted by Crippen LogP contribution is -2.33. The van der Waals surface area contributed by atoms with E-state index in [1.54, 1.807) is 18.2 Å². The molecule has 0 saturated heterocycles. The van der Waals surface area contributed by atoms with Gasteiger partial charge in [0.2, 0.25) is 0 Å². The number of nitrogens with zero attached hydrogens (tertiary/aromatic N) is 2. The quantitative estimate of drug-likeness (QED) is 0.267. The molecule has 1 aliphatic heterocycles. The third kappa shape index (κ3) is 5.00. The van der Waals surface area contributed by atoms with Crippen molar-refractivity contribution in [3.8, 4) is 5.75 Å². The van der Waals surface area contributed by atoms with Gasteiger partial charge in [0.25, 0.3) is 0 Å². The van der Waals surface area contributed by atoms with Gasteiger partial charge in [-0.1, -0.05) is 36.4 Å². The van der Waals surface area contributed by atoms with Crippen molar-refractivity contribution < 1.29 is 14.6 Å². The minimum Gasteiger partial charge on any atom is -0.494 e. The van der Waals surface area contributed by atoms with Crippen molar-refractivity contribution in [2.75, 3.05) is 24.6 Å². The van der Waals surface area contributed by atoms with Gasteiger partial charge < -0.3 is 19.3 Å². The normalized spacial score (nSPS) is 13.9. The molecule has 4 aromatic rings. The number of carbonyl (C=O) groups excluding carboxylic acids is 1. The first-order valence-corrected chi connectivity index (χ1v) is 12.2. The summed E-state index contributed by atoms with van der Waals surface area (Å²) in [5, 5.41) is 12.0. The summed E-state index contributed by atoms with van der Waals surface area (Å²) in [6, 6.07) is 23.7. The lowest BCUT2D eigenvalue weighted by Gasteiger charge is -2.23. The first-order valence-electron chi connectivity index (χ1n) is 12.2. The summed E-state index contributed by atoms with van der Waals surface area (Å²) >= 11 is 0. The Balaban J connectivity index is 1.31. The van der Waals surface area contributed by atoms with E-state index in [1.165, 1.54) is 11.3 Å². The van der Waals surface area contributed by atoms with Crippen LogP contribution in [0, 0.1) is 0 Å². The molecular formula is C30H30N2O3. The maximum atomic E-state index is 12.7. The van der Waals surface area contributed by atoms with Crippen LogP contribution in [0.15, 0.2) is 85.1 Å². The summed E-state index contributed by atoms with van der Waals surface area (Å²) in [6.07, 6.45) is 6.00. The number of rotatable bonds is 9. The molecule has 0 spiro atoms. The predicted octanol–water partition coefficient (Wildman–Crippen LogP) is 5.36. The van der Waals surface area contributed by atoms with Crippen LogP contribution in [0.25, 0.3) is 17.0 Å². The Kier molecular flexibility index (Phi) is 6.68. The molecule has 0 radical (unpaired) electrons. The van der Waals surface area contributed by atoms with Crippen LogP contribution >= 0.6 is 0 Å². The van der Waals surface area contributed by atoms with Gasteiger partial charge >= 0.3 is 0 Å². The zero-order valence-corrected chi connectivity index (χ0v) is 19.9. The number of allylic oxidation sites excluding steroid dienone is 1. The van der Waals surface area contributed by atoms with Crippen LogP contribution in [0.1, 0.15) is 28.4 Å². The Morgan fingerprint density at radius 3 is 2.63 bits per heavy atom. The van der Waals surface area contributed by atoms with Crippen LogP contribution in [-0.4, -0.2) is 41.3 Å². The van der Waals surface area contributed by atoms with Crippen LogP contribution in [0.3, 0.4) is 0 Å². The van der Waals surface area contributed by atoms with Crippen LogP contribution in [0.5, 0.6) is 5.75 Å². The molecule has 0 aliphatic carbocycles. The zero-order valence-electron chi connectivity index (χ0n) is 19.9. The highest BCUT2D eigenvalue weighted by atomic mass is 16.5. The van der Waals surface area contributed by atoms with Gasteiger partial charge in [-0.2, -0.15) is 0 Å². The number of aliphatic hydroxyl groups excluding tert-OH is 1. The number of ether oxygens (including phenoxy) is 1. The molecule has 1 N–H and O–H groups in total. The lowest BCUT2D eigenvalue weighted by molar-refractivity contribution is 0.104. The minimum absolute atomic E-state index is 0.0578. The Hall–Kier alpha value is -3.83. The van der Waals surface area contributed by atoms with E-state index in [0.29, 0.717) is 25.3 Å².